The van der Waals surface area contributed by atoms with E-state index in [-0.39, 0.29) is 6.61 Å². The van der Waals surface area contributed by atoms with Crippen molar-refractivity contribution in [2.24, 2.45) is 0 Å². The first-order valence-electron chi connectivity index (χ1n) is 4.33. The van der Waals surface area contributed by atoms with Gasteiger partial charge in [0, 0.05) is 6.07 Å². The molecule has 74 valence electrons. The number of aromatic nitrogens is 3. The van der Waals surface area contributed by atoms with Crippen LogP contribution in [-0.2, 0) is 6.54 Å². The maximum atomic E-state index is 8.72. The van der Waals surface area contributed by atoms with Crippen LogP contribution in [0.5, 0.6) is 5.75 Å². The van der Waals surface area contributed by atoms with Crippen LogP contribution in [-0.4, -0.2) is 33.8 Å². The van der Waals surface area contributed by atoms with Crippen LogP contribution in [0.2, 0.25) is 0 Å². The van der Waals surface area contributed by atoms with Gasteiger partial charge < -0.3 is 9.84 Å². The van der Waals surface area contributed by atoms with Crippen LogP contribution in [0.4, 0.5) is 0 Å². The molecule has 1 aromatic heterocycles. The number of hydrogen-bond donors (Lipinski definition) is 1. The van der Waals surface area contributed by atoms with Gasteiger partial charge in [-0.2, -0.15) is 15.0 Å². The van der Waals surface area contributed by atoms with Crippen molar-refractivity contribution in [3.05, 3.63) is 18.2 Å². The molecular weight excluding hydrogens is 182 g/mol. The molecule has 0 saturated carbocycles. The summed E-state index contributed by atoms with van der Waals surface area (Å²) in [4.78, 5) is 1.48. The van der Waals surface area contributed by atoms with Crippen molar-refractivity contribution in [2.75, 3.05) is 13.7 Å². The second kappa shape index (κ2) is 3.63. The fraction of sp³-hybridized carbons (Fsp3) is 0.333. The molecule has 0 fully saturated rings. The summed E-state index contributed by atoms with van der Waals surface area (Å²) in [7, 11) is 1.61. The van der Waals surface area contributed by atoms with Crippen LogP contribution < -0.4 is 4.74 Å². The lowest BCUT2D eigenvalue weighted by Crippen LogP contribution is -2.05. The lowest BCUT2D eigenvalue weighted by atomic mass is 10.3. The maximum Gasteiger partial charge on any atom is 0.121 e. The Balaban J connectivity index is 2.43. The third kappa shape index (κ3) is 1.54. The van der Waals surface area contributed by atoms with E-state index in [1.165, 1.54) is 4.80 Å². The highest BCUT2D eigenvalue weighted by Crippen LogP contribution is 2.16. The molecule has 1 aromatic carbocycles. The fourth-order valence-electron chi connectivity index (χ4n) is 1.26. The lowest BCUT2D eigenvalue weighted by molar-refractivity contribution is 0.261. The number of methoxy groups -OCH3 is 1. The van der Waals surface area contributed by atoms with Gasteiger partial charge in [-0.25, -0.2) is 0 Å². The Kier molecular flexibility index (Phi) is 2.32. The summed E-state index contributed by atoms with van der Waals surface area (Å²) in [6, 6.07) is 5.49. The van der Waals surface area contributed by atoms with Gasteiger partial charge in [-0.3, -0.25) is 0 Å². The molecule has 0 spiro atoms. The average Bonchev–Trinajstić information content (AvgIpc) is 2.59. The molecule has 0 saturated heterocycles. The zero-order valence-electron chi connectivity index (χ0n) is 7.84. The SMILES string of the molecule is COc1ccc2nn(CCO)nc2c1. The molecule has 0 radical (unpaired) electrons. The Bertz CT molecular complexity index is 439. The summed E-state index contributed by atoms with van der Waals surface area (Å²) in [6.07, 6.45) is 0. The van der Waals surface area contributed by atoms with Crippen molar-refractivity contribution in [2.45, 2.75) is 6.54 Å². The standard InChI is InChI=1S/C9H11N3O2/c1-14-7-2-3-8-9(6-7)11-12(10-8)4-5-13/h2-3,6,13H,4-5H2,1H3. The van der Waals surface area contributed by atoms with E-state index in [1.807, 2.05) is 18.2 Å². The lowest BCUT2D eigenvalue weighted by Gasteiger charge is -1.95. The van der Waals surface area contributed by atoms with Gasteiger partial charge in [0.1, 0.15) is 16.8 Å². The predicted octanol–water partition coefficient (Wildman–Crippen LogP) is 0.432. The predicted molar refractivity (Wildman–Crippen MR) is 51.2 cm³/mol. The Morgan fingerprint density at radius 2 is 2.14 bits per heavy atom. The average molecular weight is 193 g/mol. The van der Waals surface area contributed by atoms with Gasteiger partial charge in [-0.1, -0.05) is 0 Å². The number of ether oxygens (including phenoxy) is 1. The van der Waals surface area contributed by atoms with Crippen LogP contribution >= 0.6 is 0 Å². The van der Waals surface area contributed by atoms with Crippen molar-refractivity contribution in [3.8, 4) is 5.75 Å². The molecule has 0 aliphatic heterocycles. The van der Waals surface area contributed by atoms with Crippen molar-refractivity contribution in [1.29, 1.82) is 0 Å². The molecule has 0 bridgehead atoms. The van der Waals surface area contributed by atoms with Gasteiger partial charge in [0.15, 0.2) is 0 Å². The van der Waals surface area contributed by atoms with Gasteiger partial charge in [0.25, 0.3) is 0 Å². The third-order valence-electron chi connectivity index (χ3n) is 1.93. The summed E-state index contributed by atoms with van der Waals surface area (Å²) >= 11 is 0. The van der Waals surface area contributed by atoms with Crippen LogP contribution in [0.15, 0.2) is 18.2 Å². The van der Waals surface area contributed by atoms with Gasteiger partial charge in [-0.15, -0.1) is 0 Å². The van der Waals surface area contributed by atoms with E-state index < -0.39 is 0 Å². The topological polar surface area (TPSA) is 60.2 Å². The Labute approximate surface area is 80.9 Å². The van der Waals surface area contributed by atoms with E-state index in [4.69, 9.17) is 9.84 Å². The third-order valence-corrected chi connectivity index (χ3v) is 1.93. The minimum absolute atomic E-state index is 0.0398. The Morgan fingerprint density at radius 1 is 1.36 bits per heavy atom. The first-order valence-corrected chi connectivity index (χ1v) is 4.33. The molecule has 0 aliphatic rings. The largest absolute Gasteiger partial charge is 0.497 e. The quantitative estimate of drug-likeness (QED) is 0.768. The van der Waals surface area contributed by atoms with Gasteiger partial charge in [0.2, 0.25) is 0 Å². The Hall–Kier alpha value is -1.62. The van der Waals surface area contributed by atoms with Crippen LogP contribution in [0, 0.1) is 0 Å². The molecule has 5 heteroatoms. The van der Waals surface area contributed by atoms with Gasteiger partial charge in [0.05, 0.1) is 20.3 Å². The molecule has 2 aromatic rings. The van der Waals surface area contributed by atoms with Gasteiger partial charge >= 0.3 is 0 Å². The molecule has 1 heterocycles. The number of rotatable bonds is 3. The Morgan fingerprint density at radius 3 is 2.86 bits per heavy atom. The highest BCUT2D eigenvalue weighted by molar-refractivity contribution is 5.75. The summed E-state index contributed by atoms with van der Waals surface area (Å²) < 4.78 is 5.07. The molecule has 1 N–H and O–H groups in total. The maximum absolute atomic E-state index is 8.72. The van der Waals surface area contributed by atoms with Gasteiger partial charge in [-0.05, 0) is 12.1 Å². The molecule has 0 atom stereocenters. The number of aliphatic hydroxyl groups is 1. The highest BCUT2D eigenvalue weighted by atomic mass is 16.5. The van der Waals surface area contributed by atoms with Crippen molar-refractivity contribution in [1.82, 2.24) is 15.0 Å². The molecule has 0 amide bonds. The zero-order chi connectivity index (χ0) is 9.97. The first-order chi connectivity index (χ1) is 6.83. The van der Waals surface area contributed by atoms with E-state index >= 15 is 0 Å². The second-order valence-corrected chi connectivity index (χ2v) is 2.87. The number of aliphatic hydroxyl groups excluding tert-OH is 1. The highest BCUT2D eigenvalue weighted by Gasteiger charge is 2.02. The van der Waals surface area contributed by atoms with E-state index in [0.29, 0.717) is 6.54 Å². The minimum Gasteiger partial charge on any atom is -0.497 e. The summed E-state index contributed by atoms with van der Waals surface area (Å²) in [5.41, 5.74) is 1.58. The van der Waals surface area contributed by atoms with Crippen LogP contribution in [0.25, 0.3) is 11.0 Å². The number of benzene rings is 1. The fourth-order valence-corrected chi connectivity index (χ4v) is 1.26. The molecule has 5 nitrogen and oxygen atoms in total. The van der Waals surface area contributed by atoms with E-state index in [2.05, 4.69) is 10.2 Å². The van der Waals surface area contributed by atoms with Crippen molar-refractivity contribution < 1.29 is 9.84 Å². The molecule has 0 unspecified atom stereocenters. The molecule has 14 heavy (non-hydrogen) atoms. The van der Waals surface area contributed by atoms with Crippen LogP contribution in [0.1, 0.15) is 0 Å². The summed E-state index contributed by atoms with van der Waals surface area (Å²) in [6.45, 7) is 0.453. The van der Waals surface area contributed by atoms with Crippen molar-refractivity contribution >= 4 is 11.0 Å². The monoisotopic (exact) mass is 193 g/mol. The molecular formula is C9H11N3O2. The smallest absolute Gasteiger partial charge is 0.121 e. The zero-order valence-corrected chi connectivity index (χ0v) is 7.84. The first kappa shape index (κ1) is 8.96. The molecule has 0 aliphatic carbocycles. The number of nitrogens with zero attached hydrogens (tertiary/aromatic N) is 3. The van der Waals surface area contributed by atoms with E-state index in [9.17, 15) is 0 Å². The second-order valence-electron chi connectivity index (χ2n) is 2.87. The van der Waals surface area contributed by atoms with E-state index in [0.717, 1.165) is 16.8 Å². The van der Waals surface area contributed by atoms with Crippen molar-refractivity contribution in [3.63, 3.8) is 0 Å². The normalized spacial score (nSPS) is 10.7. The molecule has 2 rings (SSSR count). The number of hydrogen-bond acceptors (Lipinski definition) is 4. The van der Waals surface area contributed by atoms with E-state index in [1.54, 1.807) is 7.11 Å². The minimum atomic E-state index is 0.0398. The number of fused-ring (bicyclic) bond motifs is 1. The summed E-state index contributed by atoms with van der Waals surface area (Å²) in [5.74, 6) is 0.758. The summed E-state index contributed by atoms with van der Waals surface area (Å²) in [5, 5.41) is 17.1. The van der Waals surface area contributed by atoms with Crippen LogP contribution in [0.3, 0.4) is 0 Å².